The van der Waals surface area contributed by atoms with Gasteiger partial charge in [0.15, 0.2) is 5.11 Å². The van der Waals surface area contributed by atoms with Gasteiger partial charge in [0.1, 0.15) is 12.4 Å². The standard InChI is InChI=1S/C22H16F3IN2O2S/c23-22(24,25)18-12-16(26)9-10-19(18)27-21(31)28-20(29)15-7-4-8-17(11-15)30-13-14-5-2-1-3-6-14/h1-12H,13H2,(H2,27,28,29,31). The van der Waals surface area contributed by atoms with Crippen molar-refractivity contribution in [3.05, 3.63) is 93.1 Å². The molecule has 0 saturated carbocycles. The molecule has 3 aromatic carbocycles. The summed E-state index contributed by atoms with van der Waals surface area (Å²) < 4.78 is 45.9. The van der Waals surface area contributed by atoms with Crippen molar-refractivity contribution in [2.45, 2.75) is 12.8 Å². The Bertz CT molecular complexity index is 1090. The lowest BCUT2D eigenvalue weighted by Gasteiger charge is -2.16. The number of ether oxygens (including phenoxy) is 1. The highest BCUT2D eigenvalue weighted by Gasteiger charge is 2.34. The van der Waals surface area contributed by atoms with E-state index in [1.54, 1.807) is 40.8 Å². The minimum Gasteiger partial charge on any atom is -0.489 e. The van der Waals surface area contributed by atoms with Crippen LogP contribution in [0.3, 0.4) is 0 Å². The van der Waals surface area contributed by atoms with Crippen molar-refractivity contribution in [3.8, 4) is 5.75 Å². The van der Waals surface area contributed by atoms with Gasteiger partial charge in [0.2, 0.25) is 0 Å². The highest BCUT2D eigenvalue weighted by Crippen LogP contribution is 2.35. The number of alkyl halides is 3. The molecule has 0 saturated heterocycles. The van der Waals surface area contributed by atoms with Gasteiger partial charge >= 0.3 is 6.18 Å². The van der Waals surface area contributed by atoms with Crippen molar-refractivity contribution >= 4 is 51.5 Å². The second-order valence-electron chi connectivity index (χ2n) is 6.40. The normalized spacial score (nSPS) is 11.0. The maximum Gasteiger partial charge on any atom is 0.418 e. The van der Waals surface area contributed by atoms with E-state index in [-0.39, 0.29) is 16.4 Å². The van der Waals surface area contributed by atoms with E-state index in [0.29, 0.717) is 15.9 Å². The third-order valence-electron chi connectivity index (χ3n) is 4.11. The van der Waals surface area contributed by atoms with Crippen LogP contribution in [0.1, 0.15) is 21.5 Å². The molecule has 2 N–H and O–H groups in total. The number of hydrogen-bond donors (Lipinski definition) is 2. The average molecular weight is 556 g/mol. The number of carbonyl (C=O) groups excluding carboxylic acids is 1. The number of rotatable bonds is 5. The molecular weight excluding hydrogens is 540 g/mol. The molecule has 0 aliphatic rings. The summed E-state index contributed by atoms with van der Waals surface area (Å²) in [6, 6.07) is 19.7. The van der Waals surface area contributed by atoms with Gasteiger partial charge in [0, 0.05) is 9.13 Å². The molecule has 0 atom stereocenters. The number of carbonyl (C=O) groups is 1. The van der Waals surface area contributed by atoms with Crippen LogP contribution in [-0.4, -0.2) is 11.0 Å². The molecule has 160 valence electrons. The molecular formula is C22H16F3IN2O2S. The fourth-order valence-electron chi connectivity index (χ4n) is 2.66. The molecule has 31 heavy (non-hydrogen) atoms. The fourth-order valence-corrected chi connectivity index (χ4v) is 3.35. The summed E-state index contributed by atoms with van der Waals surface area (Å²) in [7, 11) is 0. The van der Waals surface area contributed by atoms with Gasteiger partial charge in [-0.25, -0.2) is 0 Å². The molecule has 0 fully saturated rings. The van der Waals surface area contributed by atoms with Gasteiger partial charge in [-0.15, -0.1) is 0 Å². The Morgan fingerprint density at radius 2 is 1.74 bits per heavy atom. The molecule has 0 spiro atoms. The van der Waals surface area contributed by atoms with E-state index >= 15 is 0 Å². The summed E-state index contributed by atoms with van der Waals surface area (Å²) in [4.78, 5) is 12.5. The fraction of sp³-hybridized carbons (Fsp3) is 0.0909. The first-order valence-electron chi connectivity index (χ1n) is 8.98. The van der Waals surface area contributed by atoms with Gasteiger partial charge in [-0.05, 0) is 76.8 Å². The van der Waals surface area contributed by atoms with Gasteiger partial charge in [0.05, 0.1) is 11.3 Å². The number of nitrogens with one attached hydrogen (secondary N) is 2. The van der Waals surface area contributed by atoms with Crippen LogP contribution >= 0.6 is 34.8 Å². The Morgan fingerprint density at radius 1 is 1.00 bits per heavy atom. The SMILES string of the molecule is O=C(NC(=S)Nc1ccc(I)cc1C(F)(F)F)c1cccc(OCc2ccccc2)c1. The van der Waals surface area contributed by atoms with Crippen LogP contribution in [0.15, 0.2) is 72.8 Å². The van der Waals surface area contributed by atoms with E-state index in [2.05, 4.69) is 10.6 Å². The first-order chi connectivity index (χ1) is 14.7. The van der Waals surface area contributed by atoms with Crippen molar-refractivity contribution in [1.29, 1.82) is 0 Å². The third kappa shape index (κ3) is 6.66. The Hall–Kier alpha value is -2.66. The van der Waals surface area contributed by atoms with Gasteiger partial charge in [-0.3, -0.25) is 10.1 Å². The number of thiocarbonyl (C=S) groups is 1. The summed E-state index contributed by atoms with van der Waals surface area (Å²) in [6.45, 7) is 0.332. The van der Waals surface area contributed by atoms with E-state index in [1.165, 1.54) is 18.2 Å². The lowest BCUT2D eigenvalue weighted by Crippen LogP contribution is -2.34. The van der Waals surface area contributed by atoms with Crippen LogP contribution < -0.4 is 15.4 Å². The summed E-state index contributed by atoms with van der Waals surface area (Å²) in [6.07, 6.45) is -4.56. The minimum atomic E-state index is -4.56. The lowest BCUT2D eigenvalue weighted by molar-refractivity contribution is -0.137. The molecule has 1 amide bonds. The number of anilines is 1. The van der Waals surface area contributed by atoms with E-state index in [4.69, 9.17) is 17.0 Å². The summed E-state index contributed by atoms with van der Waals surface area (Å²) >= 11 is 6.83. The van der Waals surface area contributed by atoms with E-state index in [0.717, 1.165) is 11.6 Å². The molecule has 3 rings (SSSR count). The van der Waals surface area contributed by atoms with Crippen molar-refractivity contribution in [3.63, 3.8) is 0 Å². The molecule has 0 bridgehead atoms. The van der Waals surface area contributed by atoms with Crippen LogP contribution in [0.4, 0.5) is 18.9 Å². The molecule has 0 aliphatic heterocycles. The molecule has 0 unspecified atom stereocenters. The maximum atomic E-state index is 13.3. The second kappa shape index (κ2) is 10.1. The first kappa shape index (κ1) is 23.0. The largest absolute Gasteiger partial charge is 0.489 e. The molecule has 0 radical (unpaired) electrons. The quantitative estimate of drug-likeness (QED) is 0.299. The van der Waals surface area contributed by atoms with Crippen LogP contribution in [-0.2, 0) is 12.8 Å². The molecule has 0 aliphatic carbocycles. The number of benzene rings is 3. The average Bonchev–Trinajstić information content (AvgIpc) is 2.73. The van der Waals surface area contributed by atoms with Crippen molar-refractivity contribution < 1.29 is 22.7 Å². The van der Waals surface area contributed by atoms with E-state index in [1.807, 2.05) is 30.3 Å². The molecule has 3 aromatic rings. The summed E-state index contributed by atoms with van der Waals surface area (Å²) in [5.41, 5.74) is 0.125. The zero-order valence-corrected chi connectivity index (χ0v) is 18.8. The number of halogens is 4. The number of amides is 1. The Morgan fingerprint density at radius 3 is 2.45 bits per heavy atom. The van der Waals surface area contributed by atoms with E-state index in [9.17, 15) is 18.0 Å². The zero-order chi connectivity index (χ0) is 22.4. The Kier molecular flexibility index (Phi) is 7.50. The summed E-state index contributed by atoms with van der Waals surface area (Å²) in [5, 5.41) is 4.60. The van der Waals surface area contributed by atoms with E-state index < -0.39 is 17.6 Å². The predicted octanol–water partition coefficient (Wildman–Crippen LogP) is 6.02. The highest BCUT2D eigenvalue weighted by atomic mass is 127. The van der Waals surface area contributed by atoms with Crippen LogP contribution in [0.25, 0.3) is 0 Å². The molecule has 0 heterocycles. The lowest BCUT2D eigenvalue weighted by atomic mass is 10.1. The monoisotopic (exact) mass is 556 g/mol. The van der Waals surface area contributed by atoms with Gasteiger partial charge in [-0.2, -0.15) is 13.2 Å². The van der Waals surface area contributed by atoms with Crippen LogP contribution in [0.5, 0.6) is 5.75 Å². The summed E-state index contributed by atoms with van der Waals surface area (Å²) in [5.74, 6) is -0.0888. The van der Waals surface area contributed by atoms with Crippen LogP contribution in [0.2, 0.25) is 0 Å². The maximum absolute atomic E-state index is 13.3. The predicted molar refractivity (Wildman–Crippen MR) is 125 cm³/mol. The zero-order valence-electron chi connectivity index (χ0n) is 15.9. The van der Waals surface area contributed by atoms with Crippen molar-refractivity contribution in [1.82, 2.24) is 5.32 Å². The second-order valence-corrected chi connectivity index (χ2v) is 8.05. The van der Waals surface area contributed by atoms with Gasteiger partial charge in [0.25, 0.3) is 5.91 Å². The Labute approximate surface area is 195 Å². The third-order valence-corrected chi connectivity index (χ3v) is 4.98. The molecule has 0 aromatic heterocycles. The molecule has 9 heteroatoms. The van der Waals surface area contributed by atoms with Crippen LogP contribution in [0, 0.1) is 3.57 Å². The first-order valence-corrected chi connectivity index (χ1v) is 10.5. The highest BCUT2D eigenvalue weighted by molar-refractivity contribution is 14.1. The van der Waals surface area contributed by atoms with Gasteiger partial charge < -0.3 is 10.1 Å². The molecule has 4 nitrogen and oxygen atoms in total. The van der Waals surface area contributed by atoms with Crippen molar-refractivity contribution in [2.75, 3.05) is 5.32 Å². The minimum absolute atomic E-state index is 0.238. The Balaban J connectivity index is 1.65. The van der Waals surface area contributed by atoms with Crippen molar-refractivity contribution in [2.24, 2.45) is 0 Å². The smallest absolute Gasteiger partial charge is 0.418 e. The number of hydrogen-bond acceptors (Lipinski definition) is 3. The topological polar surface area (TPSA) is 50.4 Å². The van der Waals surface area contributed by atoms with Gasteiger partial charge in [-0.1, -0.05) is 36.4 Å².